The van der Waals surface area contributed by atoms with E-state index in [1.807, 2.05) is 18.2 Å². The number of hydrogen-bond donors (Lipinski definition) is 2. The molecule has 20 heavy (non-hydrogen) atoms. The van der Waals surface area contributed by atoms with Crippen LogP contribution < -0.4 is 4.74 Å². The van der Waals surface area contributed by atoms with E-state index in [4.69, 9.17) is 9.84 Å². The number of fused-ring (bicyclic) bond motifs is 3. The highest BCUT2D eigenvalue weighted by atomic mass is 32.2. The van der Waals surface area contributed by atoms with E-state index in [1.54, 1.807) is 18.3 Å². The number of thiol groups is 1. The third-order valence-corrected chi connectivity index (χ3v) is 4.56. The number of aromatic nitrogens is 1. The van der Waals surface area contributed by atoms with Gasteiger partial charge in [-0.05, 0) is 12.5 Å². The van der Waals surface area contributed by atoms with E-state index in [1.165, 1.54) is 0 Å². The first-order chi connectivity index (χ1) is 9.60. The van der Waals surface area contributed by atoms with Gasteiger partial charge in [0.25, 0.3) is 0 Å². The normalized spacial score (nSPS) is 13.7. The molecule has 1 aromatic heterocycles. The Morgan fingerprint density at radius 3 is 3.10 bits per heavy atom. The molecule has 104 valence electrons. The highest BCUT2D eigenvalue weighted by Crippen LogP contribution is 2.44. The highest BCUT2D eigenvalue weighted by molar-refractivity contribution is 7.82. The molecule has 1 aliphatic carbocycles. The number of thiazole rings is 1. The van der Waals surface area contributed by atoms with Gasteiger partial charge in [0.1, 0.15) is 10.1 Å². The number of rotatable bonds is 4. The van der Waals surface area contributed by atoms with E-state index in [0.29, 0.717) is 12.2 Å². The summed E-state index contributed by atoms with van der Waals surface area (Å²) >= 11 is 5.83. The van der Waals surface area contributed by atoms with Crippen LogP contribution in [-0.2, 0) is 11.2 Å². The predicted octanol–water partition coefficient (Wildman–Crippen LogP) is 3.25. The fourth-order valence-electron chi connectivity index (χ4n) is 2.37. The standard InChI is InChI=1S/C14H13NO3S2/c1-2-9(13(16)17)18-10-5-3-4-7-8(10)6-11-12(7)15-14(19)20-11/h3-5,9H,2,6H2,1H3,(H,15,19)(H,16,17). The molecule has 0 amide bonds. The van der Waals surface area contributed by atoms with Gasteiger partial charge in [0.15, 0.2) is 6.10 Å². The molecule has 0 aliphatic heterocycles. The summed E-state index contributed by atoms with van der Waals surface area (Å²) in [6.45, 7) is 1.80. The molecule has 1 unspecified atom stereocenters. The molecule has 4 nitrogen and oxygen atoms in total. The first kappa shape index (κ1) is 13.5. The maximum absolute atomic E-state index is 11.1. The SMILES string of the molecule is CCC(Oc1cccc2c1Cc1sc(S)nc1-2)C(=O)O. The summed E-state index contributed by atoms with van der Waals surface area (Å²) in [7, 11) is 0. The van der Waals surface area contributed by atoms with E-state index in [-0.39, 0.29) is 0 Å². The van der Waals surface area contributed by atoms with Crippen molar-refractivity contribution in [3.63, 3.8) is 0 Å². The zero-order valence-electron chi connectivity index (χ0n) is 10.8. The maximum atomic E-state index is 11.1. The van der Waals surface area contributed by atoms with Gasteiger partial charge in [0.2, 0.25) is 0 Å². The Hall–Kier alpha value is -1.53. The summed E-state index contributed by atoms with van der Waals surface area (Å²) < 4.78 is 6.41. The van der Waals surface area contributed by atoms with Gasteiger partial charge in [-0.1, -0.05) is 19.1 Å². The lowest BCUT2D eigenvalue weighted by molar-refractivity contribution is -0.145. The zero-order chi connectivity index (χ0) is 14.3. The van der Waals surface area contributed by atoms with Crippen molar-refractivity contribution in [2.45, 2.75) is 30.2 Å². The molecular formula is C14H13NO3S2. The van der Waals surface area contributed by atoms with Crippen molar-refractivity contribution in [1.82, 2.24) is 4.98 Å². The average Bonchev–Trinajstić information content (AvgIpc) is 2.92. The lowest BCUT2D eigenvalue weighted by Gasteiger charge is -2.16. The molecule has 0 fully saturated rings. The van der Waals surface area contributed by atoms with Crippen molar-refractivity contribution in [2.75, 3.05) is 0 Å². The molecule has 1 heterocycles. The number of nitrogens with zero attached hydrogens (tertiary/aromatic N) is 1. The van der Waals surface area contributed by atoms with E-state index in [2.05, 4.69) is 17.6 Å². The summed E-state index contributed by atoms with van der Waals surface area (Å²) in [6, 6.07) is 5.68. The molecule has 1 N–H and O–H groups in total. The first-order valence-electron chi connectivity index (χ1n) is 6.30. The largest absolute Gasteiger partial charge is 0.479 e. The zero-order valence-corrected chi connectivity index (χ0v) is 12.5. The molecule has 0 spiro atoms. The van der Waals surface area contributed by atoms with Crippen LogP contribution in [0.2, 0.25) is 0 Å². The van der Waals surface area contributed by atoms with Gasteiger partial charge in [-0.3, -0.25) is 0 Å². The van der Waals surface area contributed by atoms with Crippen LogP contribution >= 0.6 is 24.0 Å². The van der Waals surface area contributed by atoms with Gasteiger partial charge in [-0.25, -0.2) is 9.78 Å². The van der Waals surface area contributed by atoms with Crippen LogP contribution in [0, 0.1) is 0 Å². The Morgan fingerprint density at radius 1 is 1.60 bits per heavy atom. The Labute approximate surface area is 125 Å². The first-order valence-corrected chi connectivity index (χ1v) is 7.57. The predicted molar refractivity (Wildman–Crippen MR) is 80.0 cm³/mol. The Balaban J connectivity index is 1.97. The van der Waals surface area contributed by atoms with Crippen LogP contribution in [0.15, 0.2) is 22.5 Å². The van der Waals surface area contributed by atoms with Crippen LogP contribution in [0.3, 0.4) is 0 Å². The van der Waals surface area contributed by atoms with Gasteiger partial charge < -0.3 is 9.84 Å². The number of carbonyl (C=O) groups is 1. The van der Waals surface area contributed by atoms with E-state index >= 15 is 0 Å². The van der Waals surface area contributed by atoms with Crippen LogP contribution in [-0.4, -0.2) is 22.2 Å². The lowest BCUT2D eigenvalue weighted by Crippen LogP contribution is -2.26. The van der Waals surface area contributed by atoms with Gasteiger partial charge in [0.05, 0.1) is 5.69 Å². The highest BCUT2D eigenvalue weighted by Gasteiger charge is 2.27. The Morgan fingerprint density at radius 2 is 2.40 bits per heavy atom. The summed E-state index contributed by atoms with van der Waals surface area (Å²) in [6.07, 6.45) is 0.350. The summed E-state index contributed by atoms with van der Waals surface area (Å²) in [4.78, 5) is 16.7. The van der Waals surface area contributed by atoms with Crippen LogP contribution in [0.4, 0.5) is 0 Å². The second-order valence-electron chi connectivity index (χ2n) is 4.58. The molecular weight excluding hydrogens is 294 g/mol. The van der Waals surface area contributed by atoms with Crippen molar-refractivity contribution in [2.24, 2.45) is 0 Å². The topological polar surface area (TPSA) is 59.4 Å². The third kappa shape index (κ3) is 2.19. The van der Waals surface area contributed by atoms with Gasteiger partial charge in [0, 0.05) is 22.4 Å². The lowest BCUT2D eigenvalue weighted by atomic mass is 10.1. The van der Waals surface area contributed by atoms with Crippen LogP contribution in [0.1, 0.15) is 23.8 Å². The molecule has 3 rings (SSSR count). The van der Waals surface area contributed by atoms with Crippen molar-refractivity contribution in [3.8, 4) is 17.0 Å². The number of benzene rings is 1. The monoisotopic (exact) mass is 307 g/mol. The number of ether oxygens (including phenoxy) is 1. The van der Waals surface area contributed by atoms with Crippen molar-refractivity contribution in [1.29, 1.82) is 0 Å². The quantitative estimate of drug-likeness (QED) is 0.726. The van der Waals surface area contributed by atoms with Crippen molar-refractivity contribution in [3.05, 3.63) is 28.6 Å². The third-order valence-electron chi connectivity index (χ3n) is 3.33. The molecule has 0 radical (unpaired) electrons. The fourth-order valence-corrected chi connectivity index (χ4v) is 3.63. The number of aliphatic carboxylic acids is 1. The molecule has 6 heteroatoms. The van der Waals surface area contributed by atoms with Gasteiger partial charge in [-0.15, -0.1) is 24.0 Å². The molecule has 0 bridgehead atoms. The summed E-state index contributed by atoms with van der Waals surface area (Å²) in [5.41, 5.74) is 2.99. The van der Waals surface area contributed by atoms with E-state index in [9.17, 15) is 4.79 Å². The minimum absolute atomic E-state index is 0.430. The van der Waals surface area contributed by atoms with E-state index < -0.39 is 12.1 Å². The van der Waals surface area contributed by atoms with Crippen molar-refractivity contribution >= 4 is 29.9 Å². The molecule has 1 aliphatic rings. The molecule has 1 aromatic carbocycles. The number of carboxylic acids is 1. The molecule has 0 saturated carbocycles. The summed E-state index contributed by atoms with van der Waals surface area (Å²) in [5, 5.41) is 9.11. The second-order valence-corrected chi connectivity index (χ2v) is 6.39. The minimum atomic E-state index is -0.936. The molecule has 0 saturated heterocycles. The number of carboxylic acid groups (broad SMARTS) is 1. The fraction of sp³-hybridized carbons (Fsp3) is 0.286. The molecule has 2 aromatic rings. The maximum Gasteiger partial charge on any atom is 0.344 e. The van der Waals surface area contributed by atoms with Gasteiger partial charge in [-0.2, -0.15) is 0 Å². The Bertz CT molecular complexity index is 681. The van der Waals surface area contributed by atoms with E-state index in [0.717, 1.165) is 32.5 Å². The smallest absolute Gasteiger partial charge is 0.344 e. The minimum Gasteiger partial charge on any atom is -0.479 e. The Kier molecular flexibility index (Phi) is 3.43. The van der Waals surface area contributed by atoms with Crippen LogP contribution in [0.5, 0.6) is 5.75 Å². The van der Waals surface area contributed by atoms with Crippen LogP contribution in [0.25, 0.3) is 11.3 Å². The summed E-state index contributed by atoms with van der Waals surface area (Å²) in [5.74, 6) is -0.295. The molecule has 1 atom stereocenters. The number of hydrogen-bond acceptors (Lipinski definition) is 5. The van der Waals surface area contributed by atoms with Crippen molar-refractivity contribution < 1.29 is 14.6 Å². The second kappa shape index (κ2) is 5.10. The van der Waals surface area contributed by atoms with Gasteiger partial charge >= 0.3 is 5.97 Å². The average molecular weight is 307 g/mol.